The number of hydrogen-bond acceptors (Lipinski definition) is 5. The van der Waals surface area contributed by atoms with Crippen LogP contribution in [0.25, 0.3) is 11.5 Å². The predicted molar refractivity (Wildman–Crippen MR) is 84.7 cm³/mol. The summed E-state index contributed by atoms with van der Waals surface area (Å²) in [6.45, 7) is 3.81. The van der Waals surface area contributed by atoms with Crippen LogP contribution in [0.4, 0.5) is 0 Å². The minimum atomic E-state index is -0.449. The molecule has 0 fully saturated rings. The molecule has 1 unspecified atom stereocenters. The normalized spacial score (nSPS) is 11.7. The van der Waals surface area contributed by atoms with Crippen molar-refractivity contribution in [1.29, 1.82) is 5.26 Å². The molecule has 0 bridgehead atoms. The quantitative estimate of drug-likeness (QED) is 0.727. The lowest BCUT2D eigenvalue weighted by Gasteiger charge is -2.11. The Balaban J connectivity index is 1.81. The van der Waals surface area contributed by atoms with E-state index in [-0.39, 0.29) is 0 Å². The first-order valence-electron chi connectivity index (χ1n) is 7.23. The lowest BCUT2D eigenvalue weighted by molar-refractivity contribution is 0.189. The van der Waals surface area contributed by atoms with Crippen molar-refractivity contribution in [2.24, 2.45) is 0 Å². The van der Waals surface area contributed by atoms with E-state index in [1.165, 1.54) is 0 Å². The smallest absolute Gasteiger partial charge is 0.257 e. The lowest BCUT2D eigenvalue weighted by atomic mass is 10.1. The van der Waals surface area contributed by atoms with Crippen LogP contribution in [-0.4, -0.2) is 10.2 Å². The number of rotatable bonds is 4. The zero-order valence-electron chi connectivity index (χ0n) is 12.9. The Kier molecular flexibility index (Phi) is 4.07. The number of ether oxygens (including phenoxy) is 1. The van der Waals surface area contributed by atoms with E-state index in [0.29, 0.717) is 23.1 Å². The van der Waals surface area contributed by atoms with Gasteiger partial charge in [-0.2, -0.15) is 5.26 Å². The first kappa shape index (κ1) is 14.8. The molecule has 1 heterocycles. The molecule has 23 heavy (non-hydrogen) atoms. The van der Waals surface area contributed by atoms with Crippen molar-refractivity contribution >= 4 is 0 Å². The Morgan fingerprint density at radius 2 is 1.96 bits per heavy atom. The van der Waals surface area contributed by atoms with Gasteiger partial charge >= 0.3 is 0 Å². The number of aryl methyl sites for hydroxylation is 1. The molecule has 0 radical (unpaired) electrons. The molecule has 0 spiro atoms. The highest BCUT2D eigenvalue weighted by atomic mass is 16.5. The summed E-state index contributed by atoms with van der Waals surface area (Å²) in [5.74, 6) is 1.32. The summed E-state index contributed by atoms with van der Waals surface area (Å²) in [7, 11) is 0. The first-order chi connectivity index (χ1) is 11.2. The van der Waals surface area contributed by atoms with Crippen LogP contribution >= 0.6 is 0 Å². The van der Waals surface area contributed by atoms with Gasteiger partial charge in [-0.3, -0.25) is 0 Å². The molecular formula is C18H15N3O2. The van der Waals surface area contributed by atoms with Gasteiger partial charge < -0.3 is 9.15 Å². The second-order valence-corrected chi connectivity index (χ2v) is 5.18. The molecule has 3 rings (SSSR count). The van der Waals surface area contributed by atoms with Crippen molar-refractivity contribution < 1.29 is 9.15 Å². The minimum absolute atomic E-state index is 0.370. The van der Waals surface area contributed by atoms with Crippen molar-refractivity contribution in [1.82, 2.24) is 10.2 Å². The van der Waals surface area contributed by atoms with E-state index in [1.54, 1.807) is 18.2 Å². The molecule has 0 amide bonds. The fourth-order valence-corrected chi connectivity index (χ4v) is 2.20. The van der Waals surface area contributed by atoms with E-state index >= 15 is 0 Å². The highest BCUT2D eigenvalue weighted by Crippen LogP contribution is 2.26. The molecule has 0 aliphatic carbocycles. The number of para-hydroxylation sites is 1. The summed E-state index contributed by atoms with van der Waals surface area (Å²) in [6, 6.07) is 17.0. The van der Waals surface area contributed by atoms with E-state index < -0.39 is 6.10 Å². The van der Waals surface area contributed by atoms with Crippen LogP contribution in [0.15, 0.2) is 52.9 Å². The van der Waals surface area contributed by atoms with Crippen molar-refractivity contribution in [3.05, 3.63) is 65.5 Å². The summed E-state index contributed by atoms with van der Waals surface area (Å²) < 4.78 is 11.5. The van der Waals surface area contributed by atoms with Crippen LogP contribution in [0, 0.1) is 18.3 Å². The summed E-state index contributed by atoms with van der Waals surface area (Å²) in [4.78, 5) is 0. The Morgan fingerprint density at radius 3 is 2.74 bits per heavy atom. The third kappa shape index (κ3) is 3.22. The molecule has 2 aromatic carbocycles. The van der Waals surface area contributed by atoms with Crippen molar-refractivity contribution in [3.8, 4) is 23.3 Å². The van der Waals surface area contributed by atoms with E-state index in [2.05, 4.69) is 16.3 Å². The fraction of sp³-hybridized carbons (Fsp3) is 0.167. The number of nitriles is 1. The second-order valence-electron chi connectivity index (χ2n) is 5.18. The van der Waals surface area contributed by atoms with Crippen LogP contribution in [0.5, 0.6) is 5.75 Å². The molecule has 0 saturated heterocycles. The summed E-state index contributed by atoms with van der Waals surface area (Å²) >= 11 is 0. The predicted octanol–water partition coefficient (Wildman–Crippen LogP) is 4.06. The number of aromatic nitrogens is 2. The van der Waals surface area contributed by atoms with Crippen molar-refractivity contribution in [3.63, 3.8) is 0 Å². The largest absolute Gasteiger partial charge is 0.480 e. The Hall–Kier alpha value is -3.13. The highest BCUT2D eigenvalue weighted by Gasteiger charge is 2.17. The monoisotopic (exact) mass is 305 g/mol. The summed E-state index contributed by atoms with van der Waals surface area (Å²) in [5, 5.41) is 17.2. The maximum atomic E-state index is 9.10. The molecule has 0 saturated carbocycles. The van der Waals surface area contributed by atoms with Gasteiger partial charge in [-0.05, 0) is 38.1 Å². The van der Waals surface area contributed by atoms with Crippen LogP contribution in [0.2, 0.25) is 0 Å². The lowest BCUT2D eigenvalue weighted by Crippen LogP contribution is -2.04. The molecule has 0 aliphatic heterocycles. The first-order valence-corrected chi connectivity index (χ1v) is 7.23. The van der Waals surface area contributed by atoms with Gasteiger partial charge in [-0.15, -0.1) is 10.2 Å². The minimum Gasteiger partial charge on any atom is -0.480 e. The summed E-state index contributed by atoms with van der Waals surface area (Å²) in [5.41, 5.74) is 2.46. The third-order valence-electron chi connectivity index (χ3n) is 3.36. The average molecular weight is 305 g/mol. The van der Waals surface area contributed by atoms with Crippen LogP contribution in [0.1, 0.15) is 30.0 Å². The van der Waals surface area contributed by atoms with Gasteiger partial charge in [-0.25, -0.2) is 0 Å². The molecule has 0 aliphatic rings. The van der Waals surface area contributed by atoms with Crippen LogP contribution < -0.4 is 4.74 Å². The van der Waals surface area contributed by atoms with E-state index in [1.807, 2.05) is 44.2 Å². The van der Waals surface area contributed by atoms with Crippen LogP contribution in [0.3, 0.4) is 0 Å². The van der Waals surface area contributed by atoms with Gasteiger partial charge in [0.2, 0.25) is 5.89 Å². The number of benzene rings is 2. The molecule has 3 aromatic rings. The van der Waals surface area contributed by atoms with Gasteiger partial charge in [0, 0.05) is 5.56 Å². The van der Waals surface area contributed by atoms with Crippen LogP contribution in [-0.2, 0) is 0 Å². The maximum absolute atomic E-state index is 9.10. The fourth-order valence-electron chi connectivity index (χ4n) is 2.20. The number of nitrogens with zero attached hydrogens (tertiary/aromatic N) is 3. The number of hydrogen-bond donors (Lipinski definition) is 0. The van der Waals surface area contributed by atoms with Gasteiger partial charge in [0.25, 0.3) is 5.89 Å². The molecule has 1 aromatic heterocycles. The Labute approximate surface area is 134 Å². The maximum Gasteiger partial charge on any atom is 0.257 e. The molecule has 0 N–H and O–H groups in total. The molecule has 5 nitrogen and oxygen atoms in total. The van der Waals surface area contributed by atoms with Crippen molar-refractivity contribution in [2.45, 2.75) is 20.0 Å². The average Bonchev–Trinajstić information content (AvgIpc) is 3.05. The van der Waals surface area contributed by atoms with E-state index in [4.69, 9.17) is 14.4 Å². The third-order valence-corrected chi connectivity index (χ3v) is 3.36. The molecule has 1 atom stereocenters. The second kappa shape index (κ2) is 6.32. The standard InChI is InChI=1S/C18H15N3O2/c1-12-6-5-8-14(10-12)18-21-20-17(23-18)13(2)22-16-9-4-3-7-15(16)11-19/h3-10,13H,1-2H3. The van der Waals surface area contributed by atoms with E-state index in [9.17, 15) is 0 Å². The molecule has 114 valence electrons. The highest BCUT2D eigenvalue weighted by molar-refractivity contribution is 5.53. The Morgan fingerprint density at radius 1 is 1.13 bits per heavy atom. The van der Waals surface area contributed by atoms with Gasteiger partial charge in [-0.1, -0.05) is 29.8 Å². The van der Waals surface area contributed by atoms with E-state index in [0.717, 1.165) is 11.1 Å². The molecule has 5 heteroatoms. The van der Waals surface area contributed by atoms with Gasteiger partial charge in [0.05, 0.1) is 5.56 Å². The van der Waals surface area contributed by atoms with Gasteiger partial charge in [0.15, 0.2) is 6.10 Å². The SMILES string of the molecule is Cc1cccc(-c2nnc(C(C)Oc3ccccc3C#N)o2)c1. The topological polar surface area (TPSA) is 71.9 Å². The van der Waals surface area contributed by atoms with Gasteiger partial charge in [0.1, 0.15) is 11.8 Å². The molecular weight excluding hydrogens is 290 g/mol. The summed E-state index contributed by atoms with van der Waals surface area (Å²) in [6.07, 6.45) is -0.449. The Bertz CT molecular complexity index is 864. The van der Waals surface area contributed by atoms with Crippen molar-refractivity contribution in [2.75, 3.05) is 0 Å². The zero-order valence-corrected chi connectivity index (χ0v) is 12.9. The zero-order chi connectivity index (χ0) is 16.2.